The molecular formula is C21H26BrN3O4. The molecule has 29 heavy (non-hydrogen) atoms. The summed E-state index contributed by atoms with van der Waals surface area (Å²) >= 11 is 3.46. The zero-order valence-corrected chi connectivity index (χ0v) is 17.9. The van der Waals surface area contributed by atoms with Crippen molar-refractivity contribution in [1.29, 1.82) is 0 Å². The molecule has 3 aliphatic rings. The van der Waals surface area contributed by atoms with E-state index in [4.69, 9.17) is 4.74 Å². The Balaban J connectivity index is 1.43. The predicted octanol–water partition coefficient (Wildman–Crippen LogP) is 1.45. The Bertz CT molecular complexity index is 780. The number of amides is 3. The van der Waals surface area contributed by atoms with Gasteiger partial charge in [-0.05, 0) is 43.4 Å². The third kappa shape index (κ3) is 4.33. The lowest BCUT2D eigenvalue weighted by Gasteiger charge is -2.43. The smallest absolute Gasteiger partial charge is 0.312 e. The molecule has 2 aliphatic heterocycles. The van der Waals surface area contributed by atoms with Gasteiger partial charge in [-0.2, -0.15) is 0 Å². The quantitative estimate of drug-likeness (QED) is 0.687. The highest BCUT2D eigenvalue weighted by Gasteiger charge is 2.45. The highest BCUT2D eigenvalue weighted by molar-refractivity contribution is 9.10. The number of hydrogen-bond donors (Lipinski definition) is 1. The van der Waals surface area contributed by atoms with Gasteiger partial charge in [0.1, 0.15) is 0 Å². The third-order valence-electron chi connectivity index (χ3n) is 6.11. The van der Waals surface area contributed by atoms with E-state index >= 15 is 0 Å². The minimum Gasteiger partial charge on any atom is -0.381 e. The molecule has 2 saturated heterocycles. The van der Waals surface area contributed by atoms with E-state index in [1.54, 1.807) is 4.90 Å². The minimum absolute atomic E-state index is 0.0950. The largest absolute Gasteiger partial charge is 0.381 e. The molecule has 0 bridgehead atoms. The van der Waals surface area contributed by atoms with Crippen LogP contribution in [0.5, 0.6) is 0 Å². The van der Waals surface area contributed by atoms with E-state index in [1.807, 2.05) is 29.2 Å². The number of nitrogens with zero attached hydrogens (tertiary/aromatic N) is 2. The molecule has 3 fully saturated rings. The van der Waals surface area contributed by atoms with Crippen LogP contribution in [0.25, 0.3) is 0 Å². The van der Waals surface area contributed by atoms with Gasteiger partial charge in [-0.1, -0.05) is 28.1 Å². The van der Waals surface area contributed by atoms with Crippen LogP contribution in [0.15, 0.2) is 28.7 Å². The van der Waals surface area contributed by atoms with Crippen LogP contribution in [-0.4, -0.2) is 73.0 Å². The van der Waals surface area contributed by atoms with Crippen molar-refractivity contribution in [3.05, 3.63) is 34.3 Å². The molecule has 0 spiro atoms. The topological polar surface area (TPSA) is 79.0 Å². The maximum atomic E-state index is 13.6. The second-order valence-electron chi connectivity index (χ2n) is 8.03. The first-order valence-corrected chi connectivity index (χ1v) is 11.0. The van der Waals surface area contributed by atoms with Crippen LogP contribution in [0.2, 0.25) is 0 Å². The summed E-state index contributed by atoms with van der Waals surface area (Å²) in [5.41, 5.74) is 0.422. The molecule has 2 heterocycles. The van der Waals surface area contributed by atoms with E-state index in [9.17, 15) is 14.4 Å². The molecule has 0 radical (unpaired) electrons. The third-order valence-corrected chi connectivity index (χ3v) is 6.64. The molecule has 7 nitrogen and oxygen atoms in total. The van der Waals surface area contributed by atoms with Crippen molar-refractivity contribution in [1.82, 2.24) is 15.1 Å². The Hall–Kier alpha value is -1.93. The van der Waals surface area contributed by atoms with Crippen molar-refractivity contribution >= 4 is 33.7 Å². The molecule has 8 heteroatoms. The van der Waals surface area contributed by atoms with Gasteiger partial charge in [0.2, 0.25) is 5.91 Å². The van der Waals surface area contributed by atoms with Crippen molar-refractivity contribution in [2.75, 3.05) is 39.4 Å². The van der Waals surface area contributed by atoms with Crippen LogP contribution in [0.3, 0.4) is 0 Å². The van der Waals surface area contributed by atoms with Gasteiger partial charge < -0.3 is 19.9 Å². The number of carbonyl (C=O) groups is 3. The van der Waals surface area contributed by atoms with Gasteiger partial charge in [-0.15, -0.1) is 0 Å². The lowest BCUT2D eigenvalue weighted by Crippen LogP contribution is -2.58. The van der Waals surface area contributed by atoms with Crippen LogP contribution < -0.4 is 5.32 Å². The first-order chi connectivity index (χ1) is 14.0. The molecule has 3 amide bonds. The summed E-state index contributed by atoms with van der Waals surface area (Å²) in [5, 5.41) is 2.74. The molecule has 0 atom stereocenters. The second-order valence-corrected chi connectivity index (χ2v) is 8.95. The van der Waals surface area contributed by atoms with E-state index in [-0.39, 0.29) is 11.9 Å². The summed E-state index contributed by atoms with van der Waals surface area (Å²) in [5.74, 6) is -0.918. The number of nitrogens with one attached hydrogen (secondary N) is 1. The van der Waals surface area contributed by atoms with Gasteiger partial charge in [0, 0.05) is 49.9 Å². The molecule has 0 aromatic heterocycles. The Morgan fingerprint density at radius 1 is 0.966 bits per heavy atom. The molecule has 1 aromatic carbocycles. The standard InChI is InChI=1S/C21H26BrN3O4/c22-16-3-1-15(2-4-16)21(7-13-29-14-8-21)20(28)25-11-9-24(10-12-25)19(27)18(26)23-17-5-6-17/h1-4,17H,5-14H2,(H,23,26). The Labute approximate surface area is 178 Å². The van der Waals surface area contributed by atoms with Crippen LogP contribution in [-0.2, 0) is 24.5 Å². The Kier molecular flexibility index (Phi) is 5.92. The molecule has 4 rings (SSSR count). The first kappa shape index (κ1) is 20.3. The summed E-state index contributed by atoms with van der Waals surface area (Å²) in [6.45, 7) is 2.77. The molecule has 0 unspecified atom stereocenters. The second kappa shape index (κ2) is 8.44. The lowest BCUT2D eigenvalue weighted by molar-refractivity contribution is -0.150. The van der Waals surface area contributed by atoms with Gasteiger partial charge in [0.15, 0.2) is 0 Å². The molecule has 156 valence electrons. The molecule has 1 saturated carbocycles. The summed E-state index contributed by atoms with van der Waals surface area (Å²) in [4.78, 5) is 41.4. The van der Waals surface area contributed by atoms with Crippen molar-refractivity contribution in [2.45, 2.75) is 37.1 Å². The highest BCUT2D eigenvalue weighted by Crippen LogP contribution is 2.37. The normalized spacial score (nSPS) is 21.6. The molecule has 1 N–H and O–H groups in total. The van der Waals surface area contributed by atoms with Crippen LogP contribution in [0.4, 0.5) is 0 Å². The maximum absolute atomic E-state index is 13.6. The summed E-state index contributed by atoms with van der Waals surface area (Å²) in [6, 6.07) is 8.11. The number of halogens is 1. The number of carbonyl (C=O) groups excluding carboxylic acids is 3. The summed E-state index contributed by atoms with van der Waals surface area (Å²) in [7, 11) is 0. The van der Waals surface area contributed by atoms with Crippen molar-refractivity contribution in [2.24, 2.45) is 0 Å². The SMILES string of the molecule is O=C(NC1CC1)C(=O)N1CCN(C(=O)C2(c3ccc(Br)cc3)CCOCC2)CC1. The predicted molar refractivity (Wildman–Crippen MR) is 110 cm³/mol. The fourth-order valence-electron chi connectivity index (χ4n) is 4.15. The van der Waals surface area contributed by atoms with E-state index < -0.39 is 17.2 Å². The van der Waals surface area contributed by atoms with E-state index in [0.29, 0.717) is 52.2 Å². The van der Waals surface area contributed by atoms with Crippen LogP contribution >= 0.6 is 15.9 Å². The van der Waals surface area contributed by atoms with E-state index in [2.05, 4.69) is 21.2 Å². The monoisotopic (exact) mass is 463 g/mol. The zero-order chi connectivity index (χ0) is 20.4. The van der Waals surface area contributed by atoms with Gasteiger partial charge in [0.25, 0.3) is 0 Å². The Morgan fingerprint density at radius 3 is 2.14 bits per heavy atom. The Morgan fingerprint density at radius 2 is 1.55 bits per heavy atom. The average molecular weight is 464 g/mol. The van der Waals surface area contributed by atoms with Crippen molar-refractivity contribution < 1.29 is 19.1 Å². The zero-order valence-electron chi connectivity index (χ0n) is 16.4. The number of ether oxygens (including phenoxy) is 1. The van der Waals surface area contributed by atoms with Gasteiger partial charge in [-0.3, -0.25) is 14.4 Å². The molecule has 1 aromatic rings. The number of hydrogen-bond acceptors (Lipinski definition) is 4. The average Bonchev–Trinajstić information content (AvgIpc) is 3.57. The molecular weight excluding hydrogens is 438 g/mol. The number of benzene rings is 1. The lowest BCUT2D eigenvalue weighted by atomic mass is 9.73. The highest BCUT2D eigenvalue weighted by atomic mass is 79.9. The summed E-state index contributed by atoms with van der Waals surface area (Å²) < 4.78 is 6.52. The van der Waals surface area contributed by atoms with Gasteiger partial charge >= 0.3 is 11.8 Å². The molecule has 1 aliphatic carbocycles. The van der Waals surface area contributed by atoms with Gasteiger partial charge in [0.05, 0.1) is 5.41 Å². The fraction of sp³-hybridized carbons (Fsp3) is 0.571. The maximum Gasteiger partial charge on any atom is 0.312 e. The first-order valence-electron chi connectivity index (χ1n) is 10.2. The summed E-state index contributed by atoms with van der Waals surface area (Å²) in [6.07, 6.45) is 3.19. The van der Waals surface area contributed by atoms with E-state index in [0.717, 1.165) is 22.9 Å². The minimum atomic E-state index is -0.589. The number of rotatable bonds is 3. The fourth-order valence-corrected chi connectivity index (χ4v) is 4.41. The number of piperazine rings is 1. The van der Waals surface area contributed by atoms with Crippen molar-refractivity contribution in [3.8, 4) is 0 Å². The van der Waals surface area contributed by atoms with Crippen molar-refractivity contribution in [3.63, 3.8) is 0 Å². The van der Waals surface area contributed by atoms with E-state index in [1.165, 1.54) is 0 Å². The van der Waals surface area contributed by atoms with Crippen LogP contribution in [0, 0.1) is 0 Å². The van der Waals surface area contributed by atoms with Crippen LogP contribution in [0.1, 0.15) is 31.2 Å². The van der Waals surface area contributed by atoms with Gasteiger partial charge in [-0.25, -0.2) is 0 Å².